The Bertz CT molecular complexity index is 545. The summed E-state index contributed by atoms with van der Waals surface area (Å²) in [6.45, 7) is 0.289. The second-order valence-electron chi connectivity index (χ2n) is 4.55. The average Bonchev–Trinajstić information content (AvgIpc) is 2.87. The number of carboxylic acids is 1. The third kappa shape index (κ3) is 3.41. The molecule has 2 rings (SSSR count). The highest BCUT2D eigenvalue weighted by Crippen LogP contribution is 2.28. The van der Waals surface area contributed by atoms with Crippen LogP contribution in [0.5, 0.6) is 0 Å². The number of urea groups is 1. The number of aliphatic carboxylic acids is 1. The van der Waals surface area contributed by atoms with Crippen LogP contribution in [0.2, 0.25) is 0 Å². The smallest absolute Gasteiger partial charge is 0.433 e. The van der Waals surface area contributed by atoms with Crippen LogP contribution in [0.15, 0.2) is 18.3 Å². The fourth-order valence-electron chi connectivity index (χ4n) is 2.10. The molecule has 2 heterocycles. The summed E-state index contributed by atoms with van der Waals surface area (Å²) in [7, 11) is 0. The summed E-state index contributed by atoms with van der Waals surface area (Å²) < 4.78 is 37.0. The lowest BCUT2D eigenvalue weighted by molar-refractivity contribution is -0.142. The van der Waals surface area contributed by atoms with E-state index in [0.717, 1.165) is 23.2 Å². The number of hydrogen-bond donors (Lipinski definition) is 2. The molecule has 0 spiro atoms. The molecule has 1 aliphatic heterocycles. The highest BCUT2D eigenvalue weighted by Gasteiger charge is 2.34. The number of alkyl halides is 3. The topological polar surface area (TPSA) is 82.5 Å². The Hall–Kier alpha value is -2.32. The van der Waals surface area contributed by atoms with Crippen molar-refractivity contribution in [3.8, 4) is 0 Å². The minimum absolute atomic E-state index is 0.0732. The predicted octanol–water partition coefficient (Wildman–Crippen LogP) is 2.18. The Labute approximate surface area is 117 Å². The van der Waals surface area contributed by atoms with E-state index in [0.29, 0.717) is 12.8 Å². The molecule has 1 saturated heterocycles. The number of likely N-dealkylation sites (tertiary alicyclic amines) is 1. The van der Waals surface area contributed by atoms with E-state index in [1.165, 1.54) is 0 Å². The summed E-state index contributed by atoms with van der Waals surface area (Å²) in [5.41, 5.74) is -0.992. The van der Waals surface area contributed by atoms with Crippen molar-refractivity contribution in [1.29, 1.82) is 0 Å². The van der Waals surface area contributed by atoms with Gasteiger partial charge in [0, 0.05) is 6.54 Å². The zero-order chi connectivity index (χ0) is 15.6. The van der Waals surface area contributed by atoms with E-state index in [1.54, 1.807) is 0 Å². The molecule has 9 heteroatoms. The van der Waals surface area contributed by atoms with Gasteiger partial charge in [0.2, 0.25) is 0 Å². The maximum atomic E-state index is 12.3. The Morgan fingerprint density at radius 1 is 1.38 bits per heavy atom. The van der Waals surface area contributed by atoms with Crippen molar-refractivity contribution in [2.75, 3.05) is 11.9 Å². The fourth-order valence-corrected chi connectivity index (χ4v) is 2.10. The molecule has 2 N–H and O–H groups in total. The number of amides is 2. The molecule has 21 heavy (non-hydrogen) atoms. The molecule has 0 aromatic carbocycles. The van der Waals surface area contributed by atoms with Crippen molar-refractivity contribution in [2.45, 2.75) is 25.1 Å². The lowest BCUT2D eigenvalue weighted by Gasteiger charge is -2.21. The summed E-state index contributed by atoms with van der Waals surface area (Å²) in [5.74, 6) is -1.10. The number of pyridine rings is 1. The lowest BCUT2D eigenvalue weighted by atomic mass is 10.2. The van der Waals surface area contributed by atoms with Gasteiger partial charge in [0.05, 0.1) is 11.9 Å². The maximum Gasteiger partial charge on any atom is 0.433 e. The molecule has 0 radical (unpaired) electrons. The van der Waals surface area contributed by atoms with E-state index in [-0.39, 0.29) is 12.2 Å². The third-order valence-corrected chi connectivity index (χ3v) is 3.10. The third-order valence-electron chi connectivity index (χ3n) is 3.10. The van der Waals surface area contributed by atoms with Crippen LogP contribution in [0.4, 0.5) is 23.7 Å². The normalized spacial score (nSPS) is 18.6. The number of nitrogens with one attached hydrogen (secondary N) is 1. The second-order valence-corrected chi connectivity index (χ2v) is 4.55. The van der Waals surface area contributed by atoms with E-state index in [2.05, 4.69) is 10.3 Å². The van der Waals surface area contributed by atoms with Crippen molar-refractivity contribution in [3.63, 3.8) is 0 Å². The van der Waals surface area contributed by atoms with Gasteiger partial charge in [-0.2, -0.15) is 13.2 Å². The molecule has 1 aromatic heterocycles. The van der Waals surface area contributed by atoms with Crippen molar-refractivity contribution >= 4 is 17.7 Å². The van der Waals surface area contributed by atoms with Crippen LogP contribution in [-0.2, 0) is 11.0 Å². The van der Waals surface area contributed by atoms with Crippen LogP contribution in [0.3, 0.4) is 0 Å². The monoisotopic (exact) mass is 303 g/mol. The van der Waals surface area contributed by atoms with E-state index >= 15 is 0 Å². The number of aromatic nitrogens is 1. The number of halogens is 3. The number of anilines is 1. The molecule has 1 aromatic rings. The van der Waals surface area contributed by atoms with Crippen molar-refractivity contribution in [2.24, 2.45) is 0 Å². The number of carbonyl (C=O) groups is 2. The first-order chi connectivity index (χ1) is 9.79. The van der Waals surface area contributed by atoms with Gasteiger partial charge in [0.25, 0.3) is 0 Å². The van der Waals surface area contributed by atoms with Gasteiger partial charge in [-0.25, -0.2) is 14.6 Å². The first kappa shape index (κ1) is 15.1. The molecule has 1 aliphatic rings. The number of nitrogens with zero attached hydrogens (tertiary/aromatic N) is 2. The Kier molecular flexibility index (Phi) is 4.01. The van der Waals surface area contributed by atoms with Gasteiger partial charge in [-0.3, -0.25) is 0 Å². The summed E-state index contributed by atoms with van der Waals surface area (Å²) in [6.07, 6.45) is -2.75. The van der Waals surface area contributed by atoms with Crippen molar-refractivity contribution < 1.29 is 27.9 Å². The molecular weight excluding hydrogens is 291 g/mol. The summed E-state index contributed by atoms with van der Waals surface area (Å²) in [6, 6.07) is 0.238. The van der Waals surface area contributed by atoms with Crippen LogP contribution in [0.25, 0.3) is 0 Å². The first-order valence-corrected chi connectivity index (χ1v) is 6.12. The average molecular weight is 303 g/mol. The van der Waals surface area contributed by atoms with Gasteiger partial charge in [0.1, 0.15) is 11.7 Å². The number of carbonyl (C=O) groups excluding carboxylic acids is 1. The minimum Gasteiger partial charge on any atom is -0.480 e. The van der Waals surface area contributed by atoms with E-state index < -0.39 is 29.9 Å². The molecule has 0 saturated carbocycles. The second kappa shape index (κ2) is 5.58. The predicted molar refractivity (Wildman–Crippen MR) is 65.6 cm³/mol. The van der Waals surface area contributed by atoms with Gasteiger partial charge >= 0.3 is 18.2 Å². The van der Waals surface area contributed by atoms with Gasteiger partial charge < -0.3 is 15.3 Å². The summed E-state index contributed by atoms with van der Waals surface area (Å²) in [4.78, 5) is 27.2. The van der Waals surface area contributed by atoms with Crippen LogP contribution >= 0.6 is 0 Å². The quantitative estimate of drug-likeness (QED) is 0.877. The van der Waals surface area contributed by atoms with E-state index in [4.69, 9.17) is 5.11 Å². The van der Waals surface area contributed by atoms with Gasteiger partial charge in [-0.15, -0.1) is 0 Å². The highest BCUT2D eigenvalue weighted by molar-refractivity contribution is 5.92. The van der Waals surface area contributed by atoms with Crippen LogP contribution < -0.4 is 5.32 Å². The van der Waals surface area contributed by atoms with Crippen LogP contribution in [0, 0.1) is 0 Å². The Morgan fingerprint density at radius 3 is 2.62 bits per heavy atom. The molecule has 6 nitrogen and oxygen atoms in total. The molecule has 0 aliphatic carbocycles. The fraction of sp³-hybridized carbons (Fsp3) is 0.417. The molecule has 1 fully saturated rings. The van der Waals surface area contributed by atoms with Gasteiger partial charge in [-0.1, -0.05) is 0 Å². The molecule has 114 valence electrons. The zero-order valence-corrected chi connectivity index (χ0v) is 10.7. The first-order valence-electron chi connectivity index (χ1n) is 6.12. The Balaban J connectivity index is 2.04. The van der Waals surface area contributed by atoms with E-state index in [1.807, 2.05) is 0 Å². The SMILES string of the molecule is O=C(O)[C@H]1CCCN1C(=O)Nc1ccc(C(F)(F)F)nc1. The van der Waals surface area contributed by atoms with Gasteiger partial charge in [-0.05, 0) is 25.0 Å². The van der Waals surface area contributed by atoms with E-state index in [9.17, 15) is 22.8 Å². The van der Waals surface area contributed by atoms with Crippen LogP contribution in [-0.4, -0.2) is 39.6 Å². The molecule has 2 amide bonds. The van der Waals surface area contributed by atoms with Crippen LogP contribution in [0.1, 0.15) is 18.5 Å². The lowest BCUT2D eigenvalue weighted by Crippen LogP contribution is -2.42. The molecule has 0 bridgehead atoms. The number of hydrogen-bond acceptors (Lipinski definition) is 3. The highest BCUT2D eigenvalue weighted by atomic mass is 19.4. The minimum atomic E-state index is -4.55. The number of rotatable bonds is 2. The molecule has 0 unspecified atom stereocenters. The standard InChI is InChI=1S/C12H12F3N3O3/c13-12(14,15)9-4-3-7(6-16-9)17-11(21)18-5-1-2-8(18)10(19)20/h3-4,6,8H,1-2,5H2,(H,17,21)(H,19,20)/t8-/m1/s1. The largest absolute Gasteiger partial charge is 0.480 e. The zero-order valence-electron chi connectivity index (χ0n) is 10.7. The Morgan fingerprint density at radius 2 is 2.10 bits per heavy atom. The van der Waals surface area contributed by atoms with Crippen molar-refractivity contribution in [3.05, 3.63) is 24.0 Å². The number of carboxylic acid groups (broad SMARTS) is 1. The summed E-state index contributed by atoms with van der Waals surface area (Å²) >= 11 is 0. The maximum absolute atomic E-state index is 12.3. The van der Waals surface area contributed by atoms with Crippen molar-refractivity contribution in [1.82, 2.24) is 9.88 Å². The molecular formula is C12H12F3N3O3. The molecule has 1 atom stereocenters. The summed E-state index contributed by atoms with van der Waals surface area (Å²) in [5, 5.41) is 11.3. The van der Waals surface area contributed by atoms with Gasteiger partial charge in [0.15, 0.2) is 0 Å².